The minimum atomic E-state index is -0.548. The molecule has 3 aromatic rings. The second-order valence-electron chi connectivity index (χ2n) is 8.38. The molecule has 0 aliphatic heterocycles. The summed E-state index contributed by atoms with van der Waals surface area (Å²) in [5.41, 5.74) is 0.710. The third-order valence-electron chi connectivity index (χ3n) is 6.09. The van der Waals surface area contributed by atoms with Crippen LogP contribution in [0.15, 0.2) is 30.6 Å². The van der Waals surface area contributed by atoms with Crippen molar-refractivity contribution < 1.29 is 23.5 Å². The first-order chi connectivity index (χ1) is 16.9. The molecule has 0 radical (unpaired) electrons. The molecule has 1 aromatic carbocycles. The Morgan fingerprint density at radius 1 is 1.14 bits per heavy atom. The fourth-order valence-electron chi connectivity index (χ4n) is 4.11. The molecule has 2 N–H and O–H groups in total. The molecule has 0 atom stereocenters. The minimum absolute atomic E-state index is 0.0116. The van der Waals surface area contributed by atoms with Crippen LogP contribution in [0.25, 0.3) is 5.78 Å². The summed E-state index contributed by atoms with van der Waals surface area (Å²) >= 11 is 5.79. The van der Waals surface area contributed by atoms with Crippen molar-refractivity contribution in [3.05, 3.63) is 58.4 Å². The summed E-state index contributed by atoms with van der Waals surface area (Å²) in [6.07, 6.45) is 4.29. The molecule has 0 unspecified atom stereocenters. The zero-order valence-corrected chi connectivity index (χ0v) is 19.7. The number of methoxy groups -OCH3 is 1. The standard InChI is InChI=1S/C23H24ClFN6O4/c1-35-22(34)15-5-2-13(3-6-15)10-27-21(33)19-9-18(30-23-28-12-29-31(19)23)20(32)26-11-14-4-7-17(25)16(24)8-14/h4,7-9,12-13,15H,2-3,5-6,10-11H2,1H3,(H,26,32)(H,27,33). The normalized spacial score (nSPS) is 17.7. The van der Waals surface area contributed by atoms with E-state index in [0.717, 1.165) is 25.7 Å². The van der Waals surface area contributed by atoms with Crippen LogP contribution in [-0.2, 0) is 16.1 Å². The van der Waals surface area contributed by atoms with E-state index in [2.05, 4.69) is 25.7 Å². The van der Waals surface area contributed by atoms with Gasteiger partial charge < -0.3 is 15.4 Å². The predicted molar refractivity (Wildman–Crippen MR) is 123 cm³/mol. The number of aromatic nitrogens is 4. The van der Waals surface area contributed by atoms with E-state index in [1.54, 1.807) is 0 Å². The predicted octanol–water partition coefficient (Wildman–Crippen LogP) is 2.56. The number of carbonyl (C=O) groups excluding carboxylic acids is 3. The minimum Gasteiger partial charge on any atom is -0.469 e. The van der Waals surface area contributed by atoms with Crippen LogP contribution in [0, 0.1) is 17.7 Å². The lowest BCUT2D eigenvalue weighted by Crippen LogP contribution is -2.34. The van der Waals surface area contributed by atoms with Gasteiger partial charge >= 0.3 is 5.97 Å². The van der Waals surface area contributed by atoms with Gasteiger partial charge in [-0.15, -0.1) is 0 Å². The van der Waals surface area contributed by atoms with E-state index in [-0.39, 0.29) is 46.5 Å². The quantitative estimate of drug-likeness (QED) is 0.475. The van der Waals surface area contributed by atoms with Gasteiger partial charge in [0.25, 0.3) is 17.6 Å². The molecule has 2 aromatic heterocycles. The van der Waals surface area contributed by atoms with Gasteiger partial charge in [0.15, 0.2) is 0 Å². The van der Waals surface area contributed by atoms with Crippen molar-refractivity contribution in [1.82, 2.24) is 30.2 Å². The van der Waals surface area contributed by atoms with Crippen LogP contribution >= 0.6 is 11.6 Å². The van der Waals surface area contributed by atoms with Gasteiger partial charge in [0.1, 0.15) is 23.5 Å². The van der Waals surface area contributed by atoms with Crippen LogP contribution in [0.2, 0.25) is 5.02 Å². The van der Waals surface area contributed by atoms with E-state index in [0.29, 0.717) is 12.1 Å². The first-order valence-corrected chi connectivity index (χ1v) is 11.5. The number of rotatable bonds is 7. The van der Waals surface area contributed by atoms with Gasteiger partial charge in [-0.2, -0.15) is 14.6 Å². The first-order valence-electron chi connectivity index (χ1n) is 11.1. The van der Waals surface area contributed by atoms with Gasteiger partial charge in [-0.25, -0.2) is 9.37 Å². The van der Waals surface area contributed by atoms with Crippen LogP contribution in [-0.4, -0.2) is 51.0 Å². The average Bonchev–Trinajstić information content (AvgIpc) is 3.36. The van der Waals surface area contributed by atoms with Gasteiger partial charge in [0.2, 0.25) is 0 Å². The van der Waals surface area contributed by atoms with Gasteiger partial charge in [-0.1, -0.05) is 17.7 Å². The van der Waals surface area contributed by atoms with Gasteiger partial charge in [-0.3, -0.25) is 14.4 Å². The van der Waals surface area contributed by atoms with Gasteiger partial charge in [0, 0.05) is 19.2 Å². The second-order valence-corrected chi connectivity index (χ2v) is 8.79. The Bertz CT molecular complexity index is 1260. The summed E-state index contributed by atoms with van der Waals surface area (Å²) in [6, 6.07) is 5.49. The smallest absolute Gasteiger partial charge is 0.308 e. The van der Waals surface area contributed by atoms with Crippen molar-refractivity contribution in [2.24, 2.45) is 11.8 Å². The molecular weight excluding hydrogens is 479 g/mol. The van der Waals surface area contributed by atoms with E-state index in [1.807, 2.05) is 0 Å². The van der Waals surface area contributed by atoms with Crippen LogP contribution in [0.3, 0.4) is 0 Å². The fraction of sp³-hybridized carbons (Fsp3) is 0.391. The average molecular weight is 503 g/mol. The van der Waals surface area contributed by atoms with Gasteiger partial charge in [-0.05, 0) is 49.3 Å². The maximum Gasteiger partial charge on any atom is 0.308 e. The number of ether oxygens (including phenoxy) is 1. The summed E-state index contributed by atoms with van der Waals surface area (Å²) in [7, 11) is 1.39. The fourth-order valence-corrected chi connectivity index (χ4v) is 4.31. The number of nitrogens with zero attached hydrogens (tertiary/aromatic N) is 4. The lowest BCUT2D eigenvalue weighted by atomic mass is 9.82. The van der Waals surface area contributed by atoms with Crippen LogP contribution in [0.1, 0.15) is 52.2 Å². The Hall–Kier alpha value is -3.60. The molecular formula is C23H24ClFN6O4. The summed E-state index contributed by atoms with van der Waals surface area (Å²) in [5, 5.41) is 9.56. The number of carbonyl (C=O) groups is 3. The molecule has 2 amide bonds. The maximum atomic E-state index is 13.3. The molecule has 1 saturated carbocycles. The molecule has 0 bridgehead atoms. The van der Waals surface area contributed by atoms with Crippen LogP contribution in [0.4, 0.5) is 4.39 Å². The van der Waals surface area contributed by atoms with Crippen molar-refractivity contribution in [3.8, 4) is 0 Å². The lowest BCUT2D eigenvalue weighted by Gasteiger charge is -2.26. The number of benzene rings is 1. The summed E-state index contributed by atoms with van der Waals surface area (Å²) in [5.74, 6) is -1.44. The summed E-state index contributed by atoms with van der Waals surface area (Å²) < 4.78 is 19.4. The molecule has 1 fully saturated rings. The topological polar surface area (TPSA) is 128 Å². The summed E-state index contributed by atoms with van der Waals surface area (Å²) in [6.45, 7) is 0.520. The molecule has 184 valence electrons. The van der Waals surface area contributed by atoms with E-state index in [4.69, 9.17) is 16.3 Å². The van der Waals surface area contributed by atoms with Crippen LogP contribution < -0.4 is 10.6 Å². The van der Waals surface area contributed by atoms with E-state index >= 15 is 0 Å². The highest BCUT2D eigenvalue weighted by atomic mass is 35.5. The zero-order valence-electron chi connectivity index (χ0n) is 19.0. The largest absolute Gasteiger partial charge is 0.469 e. The monoisotopic (exact) mass is 502 g/mol. The van der Waals surface area contributed by atoms with Crippen molar-refractivity contribution >= 4 is 35.2 Å². The molecule has 12 heteroatoms. The Labute approximate surface area is 205 Å². The molecule has 35 heavy (non-hydrogen) atoms. The maximum absolute atomic E-state index is 13.3. The Kier molecular flexibility index (Phi) is 7.54. The van der Waals surface area contributed by atoms with Crippen molar-refractivity contribution in [2.45, 2.75) is 32.2 Å². The van der Waals surface area contributed by atoms with Gasteiger partial charge in [0.05, 0.1) is 18.1 Å². The Morgan fingerprint density at radius 3 is 2.63 bits per heavy atom. The molecule has 2 heterocycles. The third kappa shape index (κ3) is 5.73. The summed E-state index contributed by atoms with van der Waals surface area (Å²) in [4.78, 5) is 45.6. The van der Waals surface area contributed by atoms with E-state index in [1.165, 1.54) is 42.2 Å². The number of amides is 2. The molecule has 4 rings (SSSR count). The number of nitrogens with one attached hydrogen (secondary N) is 2. The van der Waals surface area contributed by atoms with E-state index < -0.39 is 17.6 Å². The molecule has 1 aliphatic rings. The Balaban J connectivity index is 1.41. The number of hydrogen-bond donors (Lipinski definition) is 2. The van der Waals surface area contributed by atoms with Crippen LogP contribution in [0.5, 0.6) is 0 Å². The molecule has 0 spiro atoms. The van der Waals surface area contributed by atoms with Crippen molar-refractivity contribution in [1.29, 1.82) is 0 Å². The van der Waals surface area contributed by atoms with E-state index in [9.17, 15) is 18.8 Å². The number of halogens is 2. The van der Waals surface area contributed by atoms with Crippen molar-refractivity contribution in [3.63, 3.8) is 0 Å². The number of hydrogen-bond acceptors (Lipinski definition) is 7. The highest BCUT2D eigenvalue weighted by Gasteiger charge is 2.27. The zero-order chi connectivity index (χ0) is 24.9. The Morgan fingerprint density at radius 2 is 1.91 bits per heavy atom. The highest BCUT2D eigenvalue weighted by molar-refractivity contribution is 6.30. The third-order valence-corrected chi connectivity index (χ3v) is 6.38. The lowest BCUT2D eigenvalue weighted by molar-refractivity contribution is -0.146. The molecule has 10 nitrogen and oxygen atoms in total. The second kappa shape index (κ2) is 10.8. The molecule has 0 saturated heterocycles. The molecule has 1 aliphatic carbocycles. The number of esters is 1. The number of fused-ring (bicyclic) bond motifs is 1. The highest BCUT2D eigenvalue weighted by Crippen LogP contribution is 2.29. The first kappa shape index (κ1) is 24.5. The van der Waals surface area contributed by atoms with Crippen molar-refractivity contribution in [2.75, 3.05) is 13.7 Å². The SMILES string of the molecule is COC(=O)C1CCC(CNC(=O)c2cc(C(=O)NCc3ccc(F)c(Cl)c3)nc3ncnn23)CC1.